The van der Waals surface area contributed by atoms with Crippen molar-refractivity contribution in [1.82, 2.24) is 10.1 Å². The summed E-state index contributed by atoms with van der Waals surface area (Å²) in [6.45, 7) is 1.37. The first-order chi connectivity index (χ1) is 9.86. The van der Waals surface area contributed by atoms with Crippen molar-refractivity contribution in [2.75, 3.05) is 24.7 Å². The van der Waals surface area contributed by atoms with Gasteiger partial charge in [-0.05, 0) is 30.7 Å². The Hall–Kier alpha value is -1.37. The van der Waals surface area contributed by atoms with Crippen molar-refractivity contribution >= 4 is 11.8 Å². The fraction of sp³-hybridized carbons (Fsp3) is 0.429. The summed E-state index contributed by atoms with van der Waals surface area (Å²) in [4.78, 5) is 4.46. The maximum atomic E-state index is 5.65. The molecule has 6 heteroatoms. The van der Waals surface area contributed by atoms with Gasteiger partial charge in [-0.2, -0.15) is 16.7 Å². The van der Waals surface area contributed by atoms with Gasteiger partial charge in [0.2, 0.25) is 5.82 Å². The third-order valence-corrected chi connectivity index (χ3v) is 4.15. The molecule has 0 bridgehead atoms. The highest BCUT2D eigenvalue weighted by Gasteiger charge is 2.22. The summed E-state index contributed by atoms with van der Waals surface area (Å²) < 4.78 is 11.0. The Morgan fingerprint density at radius 1 is 1.40 bits per heavy atom. The lowest BCUT2D eigenvalue weighted by molar-refractivity contribution is 0.0677. The van der Waals surface area contributed by atoms with Crippen LogP contribution < -0.4 is 5.73 Å². The van der Waals surface area contributed by atoms with Crippen LogP contribution in [0.4, 0.5) is 0 Å². The smallest absolute Gasteiger partial charge is 0.258 e. The zero-order valence-corrected chi connectivity index (χ0v) is 11.9. The summed E-state index contributed by atoms with van der Waals surface area (Å²) in [5.74, 6) is 3.09. The second kappa shape index (κ2) is 6.39. The van der Waals surface area contributed by atoms with Crippen molar-refractivity contribution in [3.8, 4) is 11.5 Å². The highest BCUT2D eigenvalue weighted by Crippen LogP contribution is 2.27. The van der Waals surface area contributed by atoms with Gasteiger partial charge in [0, 0.05) is 17.1 Å². The zero-order chi connectivity index (χ0) is 13.8. The van der Waals surface area contributed by atoms with Crippen molar-refractivity contribution in [2.24, 2.45) is 5.73 Å². The molecule has 1 atom stereocenters. The lowest BCUT2D eigenvalue weighted by Crippen LogP contribution is -2.16. The zero-order valence-electron chi connectivity index (χ0n) is 11.1. The van der Waals surface area contributed by atoms with Gasteiger partial charge in [-0.1, -0.05) is 17.3 Å². The average Bonchev–Trinajstić information content (AvgIpc) is 2.99. The Kier molecular flexibility index (Phi) is 4.34. The van der Waals surface area contributed by atoms with E-state index in [1.807, 2.05) is 30.0 Å². The van der Waals surface area contributed by atoms with E-state index in [1.54, 1.807) is 0 Å². The summed E-state index contributed by atoms with van der Waals surface area (Å²) in [5.41, 5.74) is 7.68. The maximum absolute atomic E-state index is 5.65. The van der Waals surface area contributed by atoms with Crippen molar-refractivity contribution in [2.45, 2.75) is 12.5 Å². The summed E-state index contributed by atoms with van der Waals surface area (Å²) in [6.07, 6.45) is 0.787. The first-order valence-corrected chi connectivity index (χ1v) is 7.84. The van der Waals surface area contributed by atoms with Crippen molar-refractivity contribution in [3.63, 3.8) is 0 Å². The molecule has 1 aliphatic rings. The molecule has 0 saturated carbocycles. The van der Waals surface area contributed by atoms with Crippen molar-refractivity contribution in [1.29, 1.82) is 0 Å². The minimum atomic E-state index is -0.0570. The van der Waals surface area contributed by atoms with Crippen LogP contribution in [0, 0.1) is 0 Å². The number of rotatable bonds is 4. The molecule has 1 unspecified atom stereocenters. The Bertz CT molecular complexity index is 567. The SMILES string of the molecule is NCCc1cccc(-c2nc(C3CSCCO3)no2)c1. The molecule has 1 aliphatic heterocycles. The van der Waals surface area contributed by atoms with Gasteiger partial charge in [0.15, 0.2) is 0 Å². The highest BCUT2D eigenvalue weighted by molar-refractivity contribution is 7.99. The topological polar surface area (TPSA) is 74.2 Å². The van der Waals surface area contributed by atoms with Crippen LogP contribution in [0.5, 0.6) is 0 Å². The Morgan fingerprint density at radius 2 is 2.35 bits per heavy atom. The van der Waals surface area contributed by atoms with Gasteiger partial charge in [0.25, 0.3) is 5.89 Å². The third-order valence-electron chi connectivity index (χ3n) is 3.15. The van der Waals surface area contributed by atoms with Gasteiger partial charge in [0.05, 0.1) is 6.61 Å². The van der Waals surface area contributed by atoms with E-state index in [0.29, 0.717) is 18.3 Å². The monoisotopic (exact) mass is 291 g/mol. The lowest BCUT2D eigenvalue weighted by Gasteiger charge is -2.18. The Labute approximate surface area is 121 Å². The van der Waals surface area contributed by atoms with E-state index in [1.165, 1.54) is 5.56 Å². The number of hydrogen-bond acceptors (Lipinski definition) is 6. The van der Waals surface area contributed by atoms with Crippen LogP contribution >= 0.6 is 11.8 Å². The Morgan fingerprint density at radius 3 is 3.15 bits per heavy atom. The van der Waals surface area contributed by atoms with Crippen LogP contribution in [0.25, 0.3) is 11.5 Å². The number of hydrogen-bond donors (Lipinski definition) is 1. The van der Waals surface area contributed by atoms with Gasteiger partial charge in [0.1, 0.15) is 6.10 Å². The van der Waals surface area contributed by atoms with Crippen molar-refractivity contribution < 1.29 is 9.26 Å². The predicted octanol–water partition coefficient (Wildman–Crippen LogP) is 2.04. The van der Waals surface area contributed by atoms with Gasteiger partial charge < -0.3 is 15.0 Å². The van der Waals surface area contributed by atoms with Gasteiger partial charge in [-0.3, -0.25) is 0 Å². The molecule has 2 N–H and O–H groups in total. The summed E-state index contributed by atoms with van der Waals surface area (Å²) in [6, 6.07) is 8.04. The van der Waals surface area contributed by atoms with Crippen LogP contribution in [0.1, 0.15) is 17.5 Å². The minimum Gasteiger partial charge on any atom is -0.368 e. The molecular formula is C14H17N3O2S. The number of benzene rings is 1. The second-order valence-electron chi connectivity index (χ2n) is 4.63. The molecule has 1 aromatic carbocycles. The molecule has 0 spiro atoms. The molecule has 0 aliphatic carbocycles. The summed E-state index contributed by atoms with van der Waals surface area (Å²) in [7, 11) is 0. The molecule has 0 radical (unpaired) electrons. The molecule has 5 nitrogen and oxygen atoms in total. The van der Waals surface area contributed by atoms with E-state index in [9.17, 15) is 0 Å². The molecular weight excluding hydrogens is 274 g/mol. The number of ether oxygens (including phenoxy) is 1. The van der Waals surface area contributed by atoms with Crippen LogP contribution in [-0.2, 0) is 11.2 Å². The third kappa shape index (κ3) is 3.03. The standard InChI is InChI=1S/C14H17N3O2S/c15-5-4-10-2-1-3-11(8-10)14-16-13(17-19-14)12-9-20-7-6-18-12/h1-3,8,12H,4-7,9,15H2. The number of nitrogens with two attached hydrogens (primary N) is 1. The van der Waals surface area contributed by atoms with Gasteiger partial charge >= 0.3 is 0 Å². The van der Waals surface area contributed by atoms with Crippen LogP contribution in [0.2, 0.25) is 0 Å². The van der Waals surface area contributed by atoms with Crippen molar-refractivity contribution in [3.05, 3.63) is 35.7 Å². The normalized spacial score (nSPS) is 19.1. The van der Waals surface area contributed by atoms with E-state index in [2.05, 4.69) is 16.2 Å². The van der Waals surface area contributed by atoms with Gasteiger partial charge in [-0.15, -0.1) is 0 Å². The number of thioether (sulfide) groups is 1. The molecule has 0 amide bonds. The Balaban J connectivity index is 1.80. The number of aromatic nitrogens is 2. The minimum absolute atomic E-state index is 0.0570. The highest BCUT2D eigenvalue weighted by atomic mass is 32.2. The lowest BCUT2D eigenvalue weighted by atomic mass is 10.1. The van der Waals surface area contributed by atoms with E-state index >= 15 is 0 Å². The van der Waals surface area contributed by atoms with E-state index in [-0.39, 0.29) is 6.10 Å². The molecule has 1 saturated heterocycles. The van der Waals surface area contributed by atoms with E-state index in [4.69, 9.17) is 15.0 Å². The van der Waals surface area contributed by atoms with Crippen LogP contribution in [0.15, 0.2) is 28.8 Å². The largest absolute Gasteiger partial charge is 0.368 e. The van der Waals surface area contributed by atoms with Crippen LogP contribution in [-0.4, -0.2) is 34.8 Å². The fourth-order valence-electron chi connectivity index (χ4n) is 2.15. The molecule has 1 aromatic heterocycles. The predicted molar refractivity (Wildman–Crippen MR) is 78.5 cm³/mol. The van der Waals surface area contributed by atoms with Gasteiger partial charge in [-0.25, -0.2) is 0 Å². The molecule has 3 rings (SSSR count). The molecule has 2 aromatic rings. The molecule has 2 heterocycles. The summed E-state index contributed by atoms with van der Waals surface area (Å²) in [5, 5.41) is 4.04. The second-order valence-corrected chi connectivity index (χ2v) is 5.78. The molecule has 20 heavy (non-hydrogen) atoms. The average molecular weight is 291 g/mol. The number of nitrogens with zero attached hydrogens (tertiary/aromatic N) is 2. The first kappa shape index (κ1) is 13.6. The summed E-state index contributed by atoms with van der Waals surface area (Å²) >= 11 is 1.85. The first-order valence-electron chi connectivity index (χ1n) is 6.69. The van der Waals surface area contributed by atoms with E-state index < -0.39 is 0 Å². The maximum Gasteiger partial charge on any atom is 0.258 e. The quantitative estimate of drug-likeness (QED) is 0.929. The fourth-order valence-corrected chi connectivity index (χ4v) is 2.99. The molecule has 1 fully saturated rings. The molecule has 106 valence electrons. The van der Waals surface area contributed by atoms with E-state index in [0.717, 1.165) is 30.1 Å². The van der Waals surface area contributed by atoms with Crippen LogP contribution in [0.3, 0.4) is 0 Å².